The number of hydrogen-bond acceptors (Lipinski definition) is 3. The van der Waals surface area contributed by atoms with Crippen molar-refractivity contribution >= 4 is 33.0 Å². The van der Waals surface area contributed by atoms with Crippen molar-refractivity contribution in [1.29, 1.82) is 0 Å². The highest BCUT2D eigenvalue weighted by Crippen LogP contribution is 2.40. The lowest BCUT2D eigenvalue weighted by atomic mass is 10.2. The van der Waals surface area contributed by atoms with Gasteiger partial charge in [0.25, 0.3) is 0 Å². The summed E-state index contributed by atoms with van der Waals surface area (Å²) in [6, 6.07) is 3.89. The molecule has 0 unspecified atom stereocenters. The number of benzene rings is 1. The van der Waals surface area contributed by atoms with E-state index in [1.807, 2.05) is 31.4 Å². The van der Waals surface area contributed by atoms with Crippen LogP contribution in [0.2, 0.25) is 5.02 Å². The quantitative estimate of drug-likeness (QED) is 0.810. The topological polar surface area (TPSA) is 18.5 Å². The number of halogens is 1. The lowest BCUT2D eigenvalue weighted by Gasteiger charge is -2.09. The Kier molecular flexibility index (Phi) is 3.56. The zero-order valence-corrected chi connectivity index (χ0v) is 10.8. The summed E-state index contributed by atoms with van der Waals surface area (Å²) in [6.07, 6.45) is 0. The summed E-state index contributed by atoms with van der Waals surface area (Å²) in [4.78, 5) is 0. The van der Waals surface area contributed by atoms with Crippen molar-refractivity contribution in [3.05, 3.63) is 22.5 Å². The molecule has 0 aliphatic carbocycles. The summed E-state index contributed by atoms with van der Waals surface area (Å²) in [5.41, 5.74) is 0. The molecule has 0 saturated carbocycles. The third-order valence-corrected chi connectivity index (χ3v) is 3.54. The maximum atomic E-state index is 6.13. The largest absolute Gasteiger partial charge is 0.494 e. The summed E-state index contributed by atoms with van der Waals surface area (Å²) >= 11 is 7.73. The van der Waals surface area contributed by atoms with Gasteiger partial charge < -0.3 is 9.47 Å². The Balaban J connectivity index is 2.56. The molecule has 1 heterocycles. The highest BCUT2D eigenvalue weighted by Gasteiger charge is 2.11. The second-order valence-corrected chi connectivity index (χ2v) is 4.56. The molecule has 16 heavy (non-hydrogen) atoms. The van der Waals surface area contributed by atoms with Crippen molar-refractivity contribution in [2.75, 3.05) is 13.2 Å². The number of thiophene rings is 1. The van der Waals surface area contributed by atoms with E-state index in [9.17, 15) is 0 Å². The Hall–Kier alpha value is -0.930. The van der Waals surface area contributed by atoms with Crippen molar-refractivity contribution in [2.45, 2.75) is 13.8 Å². The molecule has 0 saturated heterocycles. The minimum atomic E-state index is 0.622. The highest BCUT2D eigenvalue weighted by molar-refractivity contribution is 7.18. The van der Waals surface area contributed by atoms with Gasteiger partial charge >= 0.3 is 0 Å². The minimum Gasteiger partial charge on any atom is -0.494 e. The van der Waals surface area contributed by atoms with E-state index >= 15 is 0 Å². The Labute approximate surface area is 104 Å². The van der Waals surface area contributed by atoms with Crippen LogP contribution in [0.5, 0.6) is 11.5 Å². The molecule has 0 aliphatic rings. The van der Waals surface area contributed by atoms with Gasteiger partial charge in [-0.05, 0) is 19.9 Å². The van der Waals surface area contributed by atoms with Crippen molar-refractivity contribution in [2.24, 2.45) is 0 Å². The summed E-state index contributed by atoms with van der Waals surface area (Å²) in [6.45, 7) is 5.19. The molecule has 2 rings (SSSR count). The lowest BCUT2D eigenvalue weighted by Crippen LogP contribution is -1.95. The van der Waals surface area contributed by atoms with Gasteiger partial charge in [-0.15, -0.1) is 11.3 Å². The van der Waals surface area contributed by atoms with Crippen LogP contribution in [-0.4, -0.2) is 13.2 Å². The van der Waals surface area contributed by atoms with Gasteiger partial charge in [-0.1, -0.05) is 11.6 Å². The molecular formula is C12H13ClO2S. The van der Waals surface area contributed by atoms with Gasteiger partial charge in [0.1, 0.15) is 11.5 Å². The van der Waals surface area contributed by atoms with Crippen LogP contribution in [0.15, 0.2) is 17.5 Å². The maximum absolute atomic E-state index is 6.13. The van der Waals surface area contributed by atoms with Gasteiger partial charge in [0.15, 0.2) is 0 Å². The summed E-state index contributed by atoms with van der Waals surface area (Å²) in [7, 11) is 0. The molecule has 0 radical (unpaired) electrons. The molecule has 2 nitrogen and oxygen atoms in total. The zero-order valence-electron chi connectivity index (χ0n) is 9.25. The number of fused-ring (bicyclic) bond motifs is 1. The van der Waals surface area contributed by atoms with Crippen LogP contribution in [0.3, 0.4) is 0 Å². The van der Waals surface area contributed by atoms with Gasteiger partial charge in [-0.3, -0.25) is 0 Å². The predicted octanol–water partition coefficient (Wildman–Crippen LogP) is 4.35. The molecular weight excluding hydrogens is 244 g/mol. The first-order chi connectivity index (χ1) is 7.76. The molecule has 0 fully saturated rings. The second kappa shape index (κ2) is 4.93. The van der Waals surface area contributed by atoms with Crippen molar-refractivity contribution < 1.29 is 9.47 Å². The van der Waals surface area contributed by atoms with Crippen LogP contribution in [0.1, 0.15) is 13.8 Å². The van der Waals surface area contributed by atoms with E-state index in [-0.39, 0.29) is 0 Å². The number of ether oxygens (including phenoxy) is 2. The van der Waals surface area contributed by atoms with E-state index in [4.69, 9.17) is 21.1 Å². The van der Waals surface area contributed by atoms with E-state index in [1.165, 1.54) is 0 Å². The fourth-order valence-electron chi connectivity index (χ4n) is 1.59. The van der Waals surface area contributed by atoms with E-state index < -0.39 is 0 Å². The maximum Gasteiger partial charge on any atom is 0.133 e. The Bertz CT molecular complexity index is 493. The van der Waals surface area contributed by atoms with Gasteiger partial charge in [0, 0.05) is 16.1 Å². The second-order valence-electron chi connectivity index (χ2n) is 3.24. The molecule has 0 atom stereocenters. The Morgan fingerprint density at radius 1 is 1.19 bits per heavy atom. The average Bonchev–Trinajstić information content (AvgIpc) is 2.61. The molecule has 4 heteroatoms. The van der Waals surface area contributed by atoms with Crippen LogP contribution >= 0.6 is 22.9 Å². The number of rotatable bonds is 4. The SMILES string of the molecule is CCOc1cc(OCC)c2c(Cl)csc2c1. The first-order valence-corrected chi connectivity index (χ1v) is 6.48. The van der Waals surface area contributed by atoms with Crippen LogP contribution in [0.4, 0.5) is 0 Å². The minimum absolute atomic E-state index is 0.622. The lowest BCUT2D eigenvalue weighted by molar-refractivity contribution is 0.326. The van der Waals surface area contributed by atoms with E-state index in [0.29, 0.717) is 13.2 Å². The molecule has 1 aromatic carbocycles. The molecule has 0 bridgehead atoms. The average molecular weight is 257 g/mol. The zero-order chi connectivity index (χ0) is 11.5. The van der Waals surface area contributed by atoms with Gasteiger partial charge in [-0.25, -0.2) is 0 Å². The number of hydrogen-bond donors (Lipinski definition) is 0. The smallest absolute Gasteiger partial charge is 0.133 e. The molecule has 0 N–H and O–H groups in total. The van der Waals surface area contributed by atoms with E-state index in [2.05, 4.69) is 0 Å². The van der Waals surface area contributed by atoms with Gasteiger partial charge in [0.05, 0.1) is 23.6 Å². The van der Waals surface area contributed by atoms with Crippen LogP contribution in [-0.2, 0) is 0 Å². The van der Waals surface area contributed by atoms with Crippen molar-refractivity contribution in [3.63, 3.8) is 0 Å². The molecule has 0 spiro atoms. The first-order valence-electron chi connectivity index (χ1n) is 5.22. The van der Waals surface area contributed by atoms with E-state index in [0.717, 1.165) is 26.6 Å². The fraction of sp³-hybridized carbons (Fsp3) is 0.333. The summed E-state index contributed by atoms with van der Waals surface area (Å²) < 4.78 is 12.2. The standard InChI is InChI=1S/C12H13ClO2S/c1-3-14-8-5-10(15-4-2)12-9(13)7-16-11(12)6-8/h5-7H,3-4H2,1-2H3. The van der Waals surface area contributed by atoms with E-state index in [1.54, 1.807) is 11.3 Å². The van der Waals surface area contributed by atoms with Crippen LogP contribution < -0.4 is 9.47 Å². The highest BCUT2D eigenvalue weighted by atomic mass is 35.5. The normalized spacial score (nSPS) is 10.7. The van der Waals surface area contributed by atoms with Gasteiger partial charge in [0.2, 0.25) is 0 Å². The fourth-order valence-corrected chi connectivity index (χ4v) is 2.83. The Morgan fingerprint density at radius 3 is 2.62 bits per heavy atom. The van der Waals surface area contributed by atoms with Gasteiger partial charge in [-0.2, -0.15) is 0 Å². The molecule has 1 aromatic heterocycles. The third-order valence-electron chi connectivity index (χ3n) is 2.18. The Morgan fingerprint density at radius 2 is 1.94 bits per heavy atom. The molecule has 86 valence electrons. The summed E-state index contributed by atoms with van der Waals surface area (Å²) in [5, 5.41) is 3.65. The first kappa shape index (κ1) is 11.6. The monoisotopic (exact) mass is 256 g/mol. The van der Waals surface area contributed by atoms with Crippen molar-refractivity contribution in [1.82, 2.24) is 0 Å². The third kappa shape index (κ3) is 2.11. The van der Waals surface area contributed by atoms with Crippen LogP contribution in [0, 0.1) is 0 Å². The predicted molar refractivity (Wildman–Crippen MR) is 69.2 cm³/mol. The summed E-state index contributed by atoms with van der Waals surface area (Å²) in [5.74, 6) is 1.63. The molecule has 2 aromatic rings. The van der Waals surface area contributed by atoms with Crippen molar-refractivity contribution in [3.8, 4) is 11.5 Å². The molecule has 0 amide bonds. The molecule has 0 aliphatic heterocycles. The van der Waals surface area contributed by atoms with Crippen LogP contribution in [0.25, 0.3) is 10.1 Å².